The molecule has 12 heteroatoms. The number of carbonyl (C=O) groups excluding carboxylic acids is 1. The van der Waals surface area contributed by atoms with Crippen LogP contribution in [0.3, 0.4) is 0 Å². The number of alkyl halides is 3. The largest absolute Gasteiger partial charge is 0.491 e. The SMILES string of the molecule is CC(O)n1c(NC(C)(C)c2ccc(C(F)(F)F)cc2)nc2c(c1=O)CN(C(=O)c1cc3c(n1C)CCO3)CC2. The number of nitrogens with one attached hydrogen (secondary N) is 1. The van der Waals surface area contributed by atoms with Crippen LogP contribution in [-0.4, -0.2) is 43.2 Å². The normalized spacial score (nSPS) is 15.9. The molecule has 0 spiro atoms. The Morgan fingerprint density at radius 2 is 1.82 bits per heavy atom. The van der Waals surface area contributed by atoms with Crippen molar-refractivity contribution in [2.75, 3.05) is 18.5 Å². The molecule has 0 saturated carbocycles. The van der Waals surface area contributed by atoms with Crippen molar-refractivity contribution in [1.82, 2.24) is 19.0 Å². The predicted octanol–water partition coefficient (Wildman–Crippen LogP) is 3.59. The molecule has 1 atom stereocenters. The third-order valence-corrected chi connectivity index (χ3v) is 7.41. The van der Waals surface area contributed by atoms with E-state index in [2.05, 4.69) is 10.3 Å². The number of hydrogen-bond donors (Lipinski definition) is 2. The summed E-state index contributed by atoms with van der Waals surface area (Å²) >= 11 is 0. The number of rotatable bonds is 5. The monoisotopic (exact) mass is 545 g/mol. The smallest absolute Gasteiger partial charge is 0.416 e. The number of anilines is 1. The van der Waals surface area contributed by atoms with Gasteiger partial charge in [-0.25, -0.2) is 4.98 Å². The molecule has 2 aliphatic rings. The van der Waals surface area contributed by atoms with Crippen LogP contribution in [0.1, 0.15) is 65.6 Å². The minimum atomic E-state index is -4.45. The second-order valence-corrected chi connectivity index (χ2v) is 10.5. The quantitative estimate of drug-likeness (QED) is 0.508. The van der Waals surface area contributed by atoms with E-state index < -0.39 is 29.1 Å². The van der Waals surface area contributed by atoms with Crippen LogP contribution in [0.15, 0.2) is 35.1 Å². The van der Waals surface area contributed by atoms with E-state index in [1.807, 2.05) is 11.6 Å². The zero-order valence-electron chi connectivity index (χ0n) is 22.1. The summed E-state index contributed by atoms with van der Waals surface area (Å²) in [4.78, 5) is 33.1. The van der Waals surface area contributed by atoms with Crippen LogP contribution in [0.25, 0.3) is 0 Å². The fourth-order valence-corrected chi connectivity index (χ4v) is 5.18. The molecular formula is C27H30F3N5O4. The fourth-order valence-electron chi connectivity index (χ4n) is 5.18. The molecule has 0 aliphatic carbocycles. The number of carbonyl (C=O) groups is 1. The van der Waals surface area contributed by atoms with Gasteiger partial charge in [-0.05, 0) is 38.5 Å². The molecule has 0 radical (unpaired) electrons. The van der Waals surface area contributed by atoms with E-state index in [1.165, 1.54) is 19.1 Å². The van der Waals surface area contributed by atoms with Crippen molar-refractivity contribution < 1.29 is 27.8 Å². The Kier molecular flexibility index (Phi) is 6.48. The molecule has 1 unspecified atom stereocenters. The number of nitrogens with zero attached hydrogens (tertiary/aromatic N) is 4. The molecule has 2 aliphatic heterocycles. The molecule has 0 bridgehead atoms. The molecule has 4 heterocycles. The number of amides is 1. The van der Waals surface area contributed by atoms with Crippen molar-refractivity contribution >= 4 is 11.9 Å². The van der Waals surface area contributed by atoms with E-state index in [4.69, 9.17) is 4.74 Å². The standard InChI is InChI=1S/C27H30F3N5O4/c1-15(36)35-23(37)18-14-34(24(38)21-13-22-20(33(21)4)10-12-39-22)11-9-19(18)31-25(35)32-26(2,3)16-5-7-17(8-6-16)27(28,29)30/h5-8,13,15,36H,9-12,14H2,1-4H3,(H,31,32). The van der Waals surface area contributed by atoms with Gasteiger partial charge < -0.3 is 24.6 Å². The molecule has 1 aromatic carbocycles. The summed E-state index contributed by atoms with van der Waals surface area (Å²) < 4.78 is 47.6. The van der Waals surface area contributed by atoms with Crippen molar-refractivity contribution in [3.63, 3.8) is 0 Å². The third-order valence-electron chi connectivity index (χ3n) is 7.41. The van der Waals surface area contributed by atoms with E-state index >= 15 is 0 Å². The number of aliphatic hydroxyl groups excluding tert-OH is 1. The van der Waals surface area contributed by atoms with Gasteiger partial charge in [0, 0.05) is 32.5 Å². The van der Waals surface area contributed by atoms with Gasteiger partial charge in [-0.3, -0.25) is 14.2 Å². The number of benzene rings is 1. The summed E-state index contributed by atoms with van der Waals surface area (Å²) in [5, 5.41) is 13.6. The lowest BCUT2D eigenvalue weighted by Crippen LogP contribution is -2.43. The van der Waals surface area contributed by atoms with Crippen LogP contribution in [0.2, 0.25) is 0 Å². The Labute approximate surface area is 222 Å². The van der Waals surface area contributed by atoms with Crippen LogP contribution in [-0.2, 0) is 38.1 Å². The molecule has 0 fully saturated rings. The van der Waals surface area contributed by atoms with Gasteiger partial charge in [0.25, 0.3) is 11.5 Å². The Hall–Kier alpha value is -3.80. The van der Waals surface area contributed by atoms with E-state index in [1.54, 1.807) is 24.8 Å². The van der Waals surface area contributed by atoms with Gasteiger partial charge >= 0.3 is 6.18 Å². The molecule has 5 rings (SSSR count). The molecule has 1 amide bonds. The predicted molar refractivity (Wildman–Crippen MR) is 137 cm³/mol. The maximum Gasteiger partial charge on any atom is 0.416 e. The molecule has 2 aromatic heterocycles. The number of fused-ring (bicyclic) bond motifs is 2. The lowest BCUT2D eigenvalue weighted by atomic mass is 9.93. The zero-order chi connectivity index (χ0) is 28.3. The second kappa shape index (κ2) is 9.44. The van der Waals surface area contributed by atoms with Crippen LogP contribution >= 0.6 is 0 Å². The van der Waals surface area contributed by atoms with Crippen molar-refractivity contribution in [3.8, 4) is 5.75 Å². The Bertz CT molecular complexity index is 1490. The van der Waals surface area contributed by atoms with Crippen molar-refractivity contribution in [2.45, 2.75) is 58.1 Å². The van der Waals surface area contributed by atoms with E-state index in [9.17, 15) is 27.9 Å². The average Bonchev–Trinajstić information content (AvgIpc) is 3.45. The Morgan fingerprint density at radius 3 is 2.44 bits per heavy atom. The number of aliphatic hydroxyl groups is 1. The van der Waals surface area contributed by atoms with Crippen LogP contribution < -0.4 is 15.6 Å². The summed E-state index contributed by atoms with van der Waals surface area (Å²) in [5.74, 6) is 0.562. The van der Waals surface area contributed by atoms with Crippen LogP contribution in [0, 0.1) is 0 Å². The van der Waals surface area contributed by atoms with Gasteiger partial charge in [-0.2, -0.15) is 13.2 Å². The molecule has 39 heavy (non-hydrogen) atoms. The number of aromatic nitrogens is 3. The van der Waals surface area contributed by atoms with E-state index in [-0.39, 0.29) is 18.4 Å². The van der Waals surface area contributed by atoms with E-state index in [0.29, 0.717) is 47.8 Å². The minimum absolute atomic E-state index is 0.0337. The highest BCUT2D eigenvalue weighted by Gasteiger charge is 2.33. The average molecular weight is 546 g/mol. The van der Waals surface area contributed by atoms with Crippen molar-refractivity contribution in [2.24, 2.45) is 7.05 Å². The van der Waals surface area contributed by atoms with E-state index in [0.717, 1.165) is 28.8 Å². The summed E-state index contributed by atoms with van der Waals surface area (Å²) in [6, 6.07) is 6.46. The number of halogens is 3. The van der Waals surface area contributed by atoms with Crippen LogP contribution in [0.5, 0.6) is 5.75 Å². The minimum Gasteiger partial charge on any atom is -0.491 e. The van der Waals surface area contributed by atoms with Gasteiger partial charge in [0.15, 0.2) is 0 Å². The van der Waals surface area contributed by atoms with Gasteiger partial charge in [0.1, 0.15) is 17.7 Å². The highest BCUT2D eigenvalue weighted by Crippen LogP contribution is 2.33. The lowest BCUT2D eigenvalue weighted by molar-refractivity contribution is -0.137. The molecule has 2 N–H and O–H groups in total. The molecule has 0 saturated heterocycles. The highest BCUT2D eigenvalue weighted by atomic mass is 19.4. The van der Waals surface area contributed by atoms with Gasteiger partial charge in [0.2, 0.25) is 5.95 Å². The molecule has 9 nitrogen and oxygen atoms in total. The Morgan fingerprint density at radius 1 is 1.15 bits per heavy atom. The topological polar surface area (TPSA) is 102 Å². The van der Waals surface area contributed by atoms with Gasteiger partial charge in [0.05, 0.1) is 41.2 Å². The third kappa shape index (κ3) is 4.77. The van der Waals surface area contributed by atoms with Gasteiger partial charge in [-0.15, -0.1) is 0 Å². The first-order valence-electron chi connectivity index (χ1n) is 12.7. The molecule has 3 aromatic rings. The van der Waals surface area contributed by atoms with Crippen molar-refractivity contribution in [3.05, 3.63) is 74.5 Å². The zero-order valence-corrected chi connectivity index (χ0v) is 22.1. The highest BCUT2D eigenvalue weighted by molar-refractivity contribution is 5.93. The van der Waals surface area contributed by atoms with Crippen molar-refractivity contribution in [1.29, 1.82) is 0 Å². The van der Waals surface area contributed by atoms with Gasteiger partial charge in [-0.1, -0.05) is 12.1 Å². The summed E-state index contributed by atoms with van der Waals surface area (Å²) in [5.41, 5.74) is 0.604. The lowest BCUT2D eigenvalue weighted by Gasteiger charge is -2.32. The maximum absolute atomic E-state index is 13.6. The first-order valence-corrected chi connectivity index (χ1v) is 12.7. The summed E-state index contributed by atoms with van der Waals surface area (Å²) in [6.45, 7) is 5.87. The number of ether oxygens (including phenoxy) is 1. The first kappa shape index (κ1) is 26.8. The maximum atomic E-state index is 13.6. The second-order valence-electron chi connectivity index (χ2n) is 10.5. The summed E-state index contributed by atoms with van der Waals surface area (Å²) in [7, 11) is 1.82. The Balaban J connectivity index is 1.44. The number of hydrogen-bond acceptors (Lipinski definition) is 6. The fraction of sp³-hybridized carbons (Fsp3) is 0.444. The summed E-state index contributed by atoms with van der Waals surface area (Å²) in [6.07, 6.45) is -4.65. The van der Waals surface area contributed by atoms with Crippen LogP contribution in [0.4, 0.5) is 19.1 Å². The molecular weight excluding hydrogens is 515 g/mol. The first-order chi connectivity index (χ1) is 18.3. The molecule has 208 valence electrons.